The number of nitrogens with zero attached hydrogens (tertiary/aromatic N) is 1. The number of hydrogen-bond acceptors (Lipinski definition) is 5. The summed E-state index contributed by atoms with van der Waals surface area (Å²) in [6, 6.07) is 12.6. The van der Waals surface area contributed by atoms with Crippen LogP contribution >= 0.6 is 0 Å². The average Bonchev–Trinajstić information content (AvgIpc) is 3.36. The topological polar surface area (TPSA) is 97.5 Å². The predicted molar refractivity (Wildman–Crippen MR) is 97.8 cm³/mol. The fourth-order valence-corrected chi connectivity index (χ4v) is 2.61. The maximum Gasteiger partial charge on any atom is 0.319 e. The van der Waals surface area contributed by atoms with Crippen LogP contribution in [0.2, 0.25) is 0 Å². The highest BCUT2D eigenvalue weighted by Crippen LogP contribution is 2.35. The summed E-state index contributed by atoms with van der Waals surface area (Å²) in [6.45, 7) is 0.920. The Labute approximate surface area is 155 Å². The number of H-pyrrole nitrogens is 1. The van der Waals surface area contributed by atoms with Gasteiger partial charge >= 0.3 is 6.03 Å². The van der Waals surface area contributed by atoms with E-state index in [4.69, 9.17) is 14.2 Å². The van der Waals surface area contributed by atoms with Crippen LogP contribution in [0.5, 0.6) is 17.2 Å². The molecule has 1 aromatic heterocycles. The van der Waals surface area contributed by atoms with E-state index in [9.17, 15) is 4.79 Å². The summed E-state index contributed by atoms with van der Waals surface area (Å²) in [5.74, 6) is 2.77. The highest BCUT2D eigenvalue weighted by Gasteiger charge is 2.13. The molecule has 27 heavy (non-hydrogen) atoms. The second kappa shape index (κ2) is 7.69. The fraction of sp³-hybridized carbons (Fsp3) is 0.158. The highest BCUT2D eigenvalue weighted by molar-refractivity contribution is 5.89. The Kier molecular flexibility index (Phi) is 4.78. The summed E-state index contributed by atoms with van der Waals surface area (Å²) in [7, 11) is 0. The van der Waals surface area contributed by atoms with Crippen molar-refractivity contribution in [2.24, 2.45) is 0 Å². The third-order valence-corrected chi connectivity index (χ3v) is 3.91. The summed E-state index contributed by atoms with van der Waals surface area (Å²) in [5.41, 5.74) is 1.61. The molecule has 3 aromatic rings. The van der Waals surface area contributed by atoms with Crippen LogP contribution in [0.4, 0.5) is 10.5 Å². The Bertz CT molecular complexity index is 927. The van der Waals surface area contributed by atoms with Crippen molar-refractivity contribution >= 4 is 11.7 Å². The summed E-state index contributed by atoms with van der Waals surface area (Å²) < 4.78 is 16.4. The highest BCUT2D eigenvalue weighted by atomic mass is 16.7. The number of carbonyl (C=O) groups is 1. The van der Waals surface area contributed by atoms with E-state index in [2.05, 4.69) is 20.6 Å². The Hall–Kier alpha value is -3.68. The van der Waals surface area contributed by atoms with E-state index in [0.29, 0.717) is 41.9 Å². The number of aromatic nitrogens is 2. The third kappa shape index (κ3) is 4.30. The van der Waals surface area contributed by atoms with Gasteiger partial charge in [0.15, 0.2) is 11.5 Å². The van der Waals surface area contributed by atoms with Gasteiger partial charge in [0.2, 0.25) is 6.79 Å². The van der Waals surface area contributed by atoms with E-state index >= 15 is 0 Å². The van der Waals surface area contributed by atoms with E-state index in [1.165, 1.54) is 0 Å². The van der Waals surface area contributed by atoms with E-state index in [1.54, 1.807) is 18.5 Å². The number of amides is 2. The van der Waals surface area contributed by atoms with Gasteiger partial charge in [0, 0.05) is 24.1 Å². The van der Waals surface area contributed by atoms with Crippen molar-refractivity contribution in [3.63, 3.8) is 0 Å². The molecule has 2 aromatic carbocycles. The van der Waals surface area contributed by atoms with Crippen LogP contribution < -0.4 is 24.8 Å². The molecule has 4 rings (SSSR count). The number of imidazole rings is 1. The molecule has 3 N–H and O–H groups in total. The third-order valence-electron chi connectivity index (χ3n) is 3.91. The number of nitrogens with one attached hydrogen (secondary N) is 3. The average molecular weight is 366 g/mol. The molecule has 0 saturated heterocycles. The standard InChI is InChI=1S/C19H18N4O4/c24-19(22-10-18-20-6-7-21-18)23-14-3-1-2-13(8-14)11-25-15-4-5-16-17(9-15)27-12-26-16/h1-9H,10-12H2,(H,20,21)(H2,22,23,24). The smallest absolute Gasteiger partial charge is 0.319 e. The van der Waals surface area contributed by atoms with Gasteiger partial charge in [-0.15, -0.1) is 0 Å². The van der Waals surface area contributed by atoms with Gasteiger partial charge in [0.05, 0.1) is 6.54 Å². The quantitative estimate of drug-likeness (QED) is 0.623. The Morgan fingerprint density at radius 3 is 3.00 bits per heavy atom. The second-order valence-electron chi connectivity index (χ2n) is 5.85. The van der Waals surface area contributed by atoms with E-state index in [0.717, 1.165) is 5.56 Å². The molecule has 2 amide bonds. The zero-order valence-electron chi connectivity index (χ0n) is 14.4. The van der Waals surface area contributed by atoms with E-state index < -0.39 is 0 Å². The molecule has 0 spiro atoms. The zero-order chi connectivity index (χ0) is 18.5. The van der Waals surface area contributed by atoms with E-state index in [1.807, 2.05) is 36.4 Å². The van der Waals surface area contributed by atoms with Crippen molar-refractivity contribution in [3.8, 4) is 17.2 Å². The molecule has 1 aliphatic rings. The van der Waals surface area contributed by atoms with Crippen LogP contribution in [-0.2, 0) is 13.2 Å². The number of benzene rings is 2. The monoisotopic (exact) mass is 366 g/mol. The van der Waals surface area contributed by atoms with Crippen molar-refractivity contribution in [3.05, 3.63) is 66.2 Å². The molecule has 0 atom stereocenters. The lowest BCUT2D eigenvalue weighted by atomic mass is 10.2. The lowest BCUT2D eigenvalue weighted by molar-refractivity contribution is 0.173. The number of fused-ring (bicyclic) bond motifs is 1. The van der Waals surface area contributed by atoms with Gasteiger partial charge in [0.1, 0.15) is 18.2 Å². The molecule has 8 nitrogen and oxygen atoms in total. The maximum absolute atomic E-state index is 12.0. The molecule has 0 unspecified atom stereocenters. The minimum Gasteiger partial charge on any atom is -0.489 e. The molecule has 0 aliphatic carbocycles. The first kappa shape index (κ1) is 16.8. The summed E-state index contributed by atoms with van der Waals surface area (Å²) in [4.78, 5) is 19.0. The van der Waals surface area contributed by atoms with Crippen molar-refractivity contribution in [1.82, 2.24) is 15.3 Å². The zero-order valence-corrected chi connectivity index (χ0v) is 14.4. The van der Waals surface area contributed by atoms with Crippen LogP contribution in [0.25, 0.3) is 0 Å². The van der Waals surface area contributed by atoms with Gasteiger partial charge in [-0.3, -0.25) is 0 Å². The number of rotatable bonds is 6. The minimum absolute atomic E-state index is 0.231. The molecule has 138 valence electrons. The van der Waals surface area contributed by atoms with Gasteiger partial charge in [-0.05, 0) is 29.8 Å². The molecule has 0 bridgehead atoms. The maximum atomic E-state index is 12.0. The van der Waals surface area contributed by atoms with Crippen molar-refractivity contribution in [2.45, 2.75) is 13.2 Å². The first-order chi connectivity index (χ1) is 13.3. The second-order valence-corrected chi connectivity index (χ2v) is 5.85. The first-order valence-electron chi connectivity index (χ1n) is 8.41. The molecule has 0 fully saturated rings. The number of anilines is 1. The number of urea groups is 1. The van der Waals surface area contributed by atoms with E-state index in [-0.39, 0.29) is 12.8 Å². The lowest BCUT2D eigenvalue weighted by Crippen LogP contribution is -2.28. The van der Waals surface area contributed by atoms with Crippen molar-refractivity contribution in [2.75, 3.05) is 12.1 Å². The number of hydrogen-bond donors (Lipinski definition) is 3. The van der Waals surface area contributed by atoms with Gasteiger partial charge in [0.25, 0.3) is 0 Å². The molecule has 2 heterocycles. The van der Waals surface area contributed by atoms with Gasteiger partial charge in [-0.2, -0.15) is 0 Å². The molecular weight excluding hydrogens is 348 g/mol. The lowest BCUT2D eigenvalue weighted by Gasteiger charge is -2.10. The predicted octanol–water partition coefficient (Wildman–Crippen LogP) is 3.04. The van der Waals surface area contributed by atoms with Crippen LogP contribution in [0.15, 0.2) is 54.9 Å². The van der Waals surface area contributed by atoms with Gasteiger partial charge in [-0.25, -0.2) is 9.78 Å². The Morgan fingerprint density at radius 2 is 2.11 bits per heavy atom. The number of carbonyl (C=O) groups excluding carboxylic acids is 1. The van der Waals surface area contributed by atoms with Gasteiger partial charge < -0.3 is 29.8 Å². The molecule has 0 saturated carbocycles. The first-order valence-corrected chi connectivity index (χ1v) is 8.41. The normalized spacial score (nSPS) is 11.9. The van der Waals surface area contributed by atoms with Gasteiger partial charge in [-0.1, -0.05) is 12.1 Å². The molecular formula is C19H18N4O4. The summed E-state index contributed by atoms with van der Waals surface area (Å²) in [5, 5.41) is 5.53. The van der Waals surface area contributed by atoms with Crippen LogP contribution in [-0.4, -0.2) is 22.8 Å². The Morgan fingerprint density at radius 1 is 1.19 bits per heavy atom. The summed E-state index contributed by atoms with van der Waals surface area (Å²) in [6.07, 6.45) is 3.34. The molecule has 8 heteroatoms. The fourth-order valence-electron chi connectivity index (χ4n) is 2.61. The van der Waals surface area contributed by atoms with Crippen LogP contribution in [0, 0.1) is 0 Å². The number of ether oxygens (including phenoxy) is 3. The van der Waals surface area contributed by atoms with Crippen LogP contribution in [0.3, 0.4) is 0 Å². The minimum atomic E-state index is -0.305. The number of aromatic amines is 1. The largest absolute Gasteiger partial charge is 0.489 e. The van der Waals surface area contributed by atoms with Crippen molar-refractivity contribution in [1.29, 1.82) is 0 Å². The van der Waals surface area contributed by atoms with Crippen molar-refractivity contribution < 1.29 is 19.0 Å². The Balaban J connectivity index is 1.31. The van der Waals surface area contributed by atoms with Crippen LogP contribution in [0.1, 0.15) is 11.4 Å². The molecule has 1 aliphatic heterocycles. The summed E-state index contributed by atoms with van der Waals surface area (Å²) >= 11 is 0. The molecule has 0 radical (unpaired) electrons. The SMILES string of the molecule is O=C(NCc1ncc[nH]1)Nc1cccc(COc2ccc3c(c2)OCO3)c1.